The molecule has 0 amide bonds. The van der Waals surface area contributed by atoms with Crippen molar-refractivity contribution >= 4 is 16.8 Å². The smallest absolute Gasteiger partial charge is 0.173 e. The van der Waals surface area contributed by atoms with Gasteiger partial charge in [0.1, 0.15) is 0 Å². The Morgan fingerprint density at radius 1 is 1.13 bits per heavy atom. The first-order valence-corrected chi connectivity index (χ1v) is 4.62. The molecule has 0 bridgehead atoms. The fraction of sp³-hybridized carbons (Fsp3) is 0. The number of benzene rings is 2. The average Bonchev–Trinajstić information content (AvgIpc) is 2.29. The second-order valence-corrected chi connectivity index (χ2v) is 3.24. The first-order chi connectivity index (χ1) is 7.29. The Hall–Kier alpha value is -2.07. The molecule has 0 atom stereocenters. The number of terminal acetylenes is 1. The molecular weight excluding hydrogens is 187 g/mol. The van der Waals surface area contributed by atoms with Crippen molar-refractivity contribution in [3.8, 4) is 12.3 Å². The van der Waals surface area contributed by atoms with Crippen molar-refractivity contribution in [3.63, 3.8) is 0 Å². The Bertz CT molecular complexity index is 559. The lowest BCUT2D eigenvalue weighted by atomic mass is 10.1. The third kappa shape index (κ3) is 2.05. The Morgan fingerprint density at radius 3 is 2.60 bits per heavy atom. The lowest BCUT2D eigenvalue weighted by Gasteiger charge is -1.98. The predicted molar refractivity (Wildman–Crippen MR) is 61.9 cm³/mol. The molecule has 0 aliphatic heterocycles. The summed E-state index contributed by atoms with van der Waals surface area (Å²) in [7, 11) is 0. The maximum atomic E-state index is 12.8. The summed E-state index contributed by atoms with van der Waals surface area (Å²) in [5, 5.41) is 2.21. The Kier molecular flexibility index (Phi) is 2.51. The Balaban J connectivity index is 2.53. The minimum absolute atomic E-state index is 0.551. The zero-order valence-electron chi connectivity index (χ0n) is 8.07. The molecule has 0 saturated carbocycles. The van der Waals surface area contributed by atoms with Gasteiger partial charge in [-0.15, -0.1) is 6.42 Å². The highest BCUT2D eigenvalue weighted by molar-refractivity contribution is 5.84. The summed E-state index contributed by atoms with van der Waals surface area (Å²) in [6.45, 7) is 0. The van der Waals surface area contributed by atoms with Gasteiger partial charge in [-0.1, -0.05) is 36.4 Å². The largest absolute Gasteiger partial charge is 0.197 e. The van der Waals surface area contributed by atoms with Gasteiger partial charge >= 0.3 is 0 Å². The summed E-state index contributed by atoms with van der Waals surface area (Å²) in [5.41, 5.74) is 0.782. The van der Waals surface area contributed by atoms with Crippen molar-refractivity contribution in [3.05, 3.63) is 53.9 Å². The van der Waals surface area contributed by atoms with Gasteiger partial charge in [-0.2, -0.15) is 4.39 Å². The molecule has 0 fully saturated rings. The van der Waals surface area contributed by atoms with Crippen molar-refractivity contribution in [1.82, 2.24) is 0 Å². The SMILES string of the molecule is C#C/C(F)=C/c1ccc2ccccc2c1. The fourth-order valence-electron chi connectivity index (χ4n) is 1.49. The van der Waals surface area contributed by atoms with Gasteiger partial charge in [0, 0.05) is 0 Å². The van der Waals surface area contributed by atoms with E-state index in [4.69, 9.17) is 6.42 Å². The van der Waals surface area contributed by atoms with Gasteiger partial charge < -0.3 is 0 Å². The summed E-state index contributed by atoms with van der Waals surface area (Å²) in [5.74, 6) is 1.41. The van der Waals surface area contributed by atoms with Gasteiger partial charge in [0.2, 0.25) is 0 Å². The highest BCUT2D eigenvalue weighted by Gasteiger charge is 1.94. The van der Waals surface area contributed by atoms with E-state index in [-0.39, 0.29) is 0 Å². The lowest BCUT2D eigenvalue weighted by molar-refractivity contribution is 0.683. The molecule has 72 valence electrons. The van der Waals surface area contributed by atoms with Crippen LogP contribution in [0.1, 0.15) is 5.56 Å². The van der Waals surface area contributed by atoms with Crippen molar-refractivity contribution in [1.29, 1.82) is 0 Å². The van der Waals surface area contributed by atoms with Crippen LogP contribution in [0.5, 0.6) is 0 Å². The number of allylic oxidation sites excluding steroid dienone is 1. The molecule has 0 spiro atoms. The number of rotatable bonds is 1. The van der Waals surface area contributed by atoms with Crippen LogP contribution in [0.15, 0.2) is 48.3 Å². The van der Waals surface area contributed by atoms with E-state index in [1.165, 1.54) is 6.08 Å². The topological polar surface area (TPSA) is 0 Å². The van der Waals surface area contributed by atoms with E-state index in [9.17, 15) is 4.39 Å². The number of halogens is 1. The monoisotopic (exact) mass is 196 g/mol. The molecule has 0 heterocycles. The van der Waals surface area contributed by atoms with Gasteiger partial charge in [0.15, 0.2) is 5.83 Å². The number of fused-ring (bicyclic) bond motifs is 1. The second kappa shape index (κ2) is 3.98. The van der Waals surface area contributed by atoms with Gasteiger partial charge in [-0.25, -0.2) is 0 Å². The van der Waals surface area contributed by atoms with Crippen molar-refractivity contribution in [2.24, 2.45) is 0 Å². The minimum atomic E-state index is -0.551. The quantitative estimate of drug-likeness (QED) is 0.609. The molecule has 0 aliphatic rings. The van der Waals surface area contributed by atoms with E-state index < -0.39 is 5.83 Å². The molecule has 0 saturated heterocycles. The van der Waals surface area contributed by atoms with Crippen LogP contribution in [0.3, 0.4) is 0 Å². The molecule has 0 unspecified atom stereocenters. The summed E-state index contributed by atoms with van der Waals surface area (Å²) in [4.78, 5) is 0. The van der Waals surface area contributed by atoms with Crippen LogP contribution in [0.4, 0.5) is 4.39 Å². The summed E-state index contributed by atoms with van der Waals surface area (Å²) >= 11 is 0. The predicted octanol–water partition coefficient (Wildman–Crippen LogP) is 3.78. The van der Waals surface area contributed by atoms with Crippen molar-refractivity contribution in [2.75, 3.05) is 0 Å². The molecule has 1 heteroatoms. The zero-order valence-corrected chi connectivity index (χ0v) is 8.07. The van der Waals surface area contributed by atoms with E-state index in [1.807, 2.05) is 48.4 Å². The average molecular weight is 196 g/mol. The fourth-order valence-corrected chi connectivity index (χ4v) is 1.49. The van der Waals surface area contributed by atoms with E-state index in [0.717, 1.165) is 16.3 Å². The van der Waals surface area contributed by atoms with Gasteiger partial charge in [0.25, 0.3) is 0 Å². The van der Waals surface area contributed by atoms with Crippen LogP contribution in [-0.4, -0.2) is 0 Å². The molecule has 0 aliphatic carbocycles. The number of hydrogen-bond acceptors (Lipinski definition) is 0. The third-order valence-electron chi connectivity index (χ3n) is 2.20. The molecule has 0 radical (unpaired) electrons. The van der Waals surface area contributed by atoms with E-state index in [0.29, 0.717) is 0 Å². The van der Waals surface area contributed by atoms with Gasteiger partial charge in [0.05, 0.1) is 0 Å². The van der Waals surface area contributed by atoms with Crippen LogP contribution in [0.2, 0.25) is 0 Å². The van der Waals surface area contributed by atoms with Crippen LogP contribution < -0.4 is 0 Å². The molecule has 15 heavy (non-hydrogen) atoms. The van der Waals surface area contributed by atoms with Crippen LogP contribution in [0.25, 0.3) is 16.8 Å². The molecule has 2 aromatic carbocycles. The second-order valence-electron chi connectivity index (χ2n) is 3.24. The van der Waals surface area contributed by atoms with Crippen LogP contribution in [0, 0.1) is 12.3 Å². The van der Waals surface area contributed by atoms with Crippen molar-refractivity contribution in [2.45, 2.75) is 0 Å². The molecule has 2 rings (SSSR count). The first kappa shape index (κ1) is 9.48. The Morgan fingerprint density at radius 2 is 1.87 bits per heavy atom. The molecular formula is C14H9F. The van der Waals surface area contributed by atoms with E-state index in [1.54, 1.807) is 0 Å². The maximum absolute atomic E-state index is 12.8. The van der Waals surface area contributed by atoms with Crippen LogP contribution in [-0.2, 0) is 0 Å². The minimum Gasteiger partial charge on any atom is -0.197 e. The third-order valence-corrected chi connectivity index (χ3v) is 2.20. The number of hydrogen-bond donors (Lipinski definition) is 0. The van der Waals surface area contributed by atoms with Gasteiger partial charge in [-0.3, -0.25) is 0 Å². The summed E-state index contributed by atoms with van der Waals surface area (Å²) < 4.78 is 12.8. The highest BCUT2D eigenvalue weighted by Crippen LogP contribution is 2.17. The van der Waals surface area contributed by atoms with Gasteiger partial charge in [-0.05, 0) is 34.4 Å². The van der Waals surface area contributed by atoms with E-state index >= 15 is 0 Å². The maximum Gasteiger partial charge on any atom is 0.173 e. The molecule has 0 aromatic heterocycles. The normalized spacial score (nSPS) is 11.3. The molecule has 0 nitrogen and oxygen atoms in total. The Labute approximate surface area is 88.0 Å². The van der Waals surface area contributed by atoms with E-state index in [2.05, 4.69) is 0 Å². The lowest BCUT2D eigenvalue weighted by Crippen LogP contribution is -1.76. The summed E-state index contributed by atoms with van der Waals surface area (Å²) in [6.07, 6.45) is 6.29. The highest BCUT2D eigenvalue weighted by atomic mass is 19.1. The first-order valence-electron chi connectivity index (χ1n) is 4.62. The molecule has 2 aromatic rings. The zero-order chi connectivity index (χ0) is 10.7. The van der Waals surface area contributed by atoms with Crippen LogP contribution >= 0.6 is 0 Å². The van der Waals surface area contributed by atoms with Crippen molar-refractivity contribution < 1.29 is 4.39 Å². The molecule has 0 N–H and O–H groups in total. The summed E-state index contributed by atoms with van der Waals surface area (Å²) in [6, 6.07) is 13.6. The standard InChI is InChI=1S/C14H9F/c1-2-14(15)10-11-7-8-12-5-3-4-6-13(12)9-11/h1,3-10H/b14-10-.